The number of likely N-dealkylation sites (N-methyl/N-ethyl adjacent to an activating group) is 1. The third-order valence-corrected chi connectivity index (χ3v) is 4.36. The highest BCUT2D eigenvalue weighted by molar-refractivity contribution is 5.80. The summed E-state index contributed by atoms with van der Waals surface area (Å²) in [6, 6.07) is 11.3. The average molecular weight is 308 g/mol. The zero-order valence-corrected chi connectivity index (χ0v) is 12.7. The number of carbonyl (C=O) groups is 1. The number of carbonyl (C=O) groups excluding carboxylic acids is 1. The number of H-pyrrole nitrogens is 1. The van der Waals surface area contributed by atoms with Gasteiger partial charge in [0.2, 0.25) is 5.91 Å². The van der Waals surface area contributed by atoms with E-state index in [0.717, 1.165) is 11.1 Å². The largest absolute Gasteiger partial charge is 0.345 e. The van der Waals surface area contributed by atoms with Crippen molar-refractivity contribution in [2.24, 2.45) is 0 Å². The van der Waals surface area contributed by atoms with Gasteiger partial charge in [0.1, 0.15) is 0 Å². The summed E-state index contributed by atoms with van der Waals surface area (Å²) in [5, 5.41) is 2.95. The number of hydrogen-bond donors (Lipinski definition) is 1. The van der Waals surface area contributed by atoms with E-state index in [0.29, 0.717) is 24.3 Å². The second kappa shape index (κ2) is 5.08. The van der Waals surface area contributed by atoms with E-state index < -0.39 is 0 Å². The number of likely N-dealkylation sites (tertiary alicyclic amines) is 1. The van der Waals surface area contributed by atoms with E-state index in [4.69, 9.17) is 0 Å². The maximum atomic E-state index is 12.4. The van der Waals surface area contributed by atoms with Crippen LogP contribution in [0.1, 0.15) is 18.0 Å². The maximum absolute atomic E-state index is 12.4. The monoisotopic (exact) mass is 308 g/mol. The molecule has 0 saturated carbocycles. The molecule has 1 fully saturated rings. The number of aromatic amines is 1. The summed E-state index contributed by atoms with van der Waals surface area (Å²) < 4.78 is 1.44. The lowest BCUT2D eigenvalue weighted by molar-refractivity contribution is -0.126. The zero-order valence-electron chi connectivity index (χ0n) is 12.7. The van der Waals surface area contributed by atoms with E-state index in [9.17, 15) is 9.59 Å². The Kier molecular flexibility index (Phi) is 3.04. The summed E-state index contributed by atoms with van der Waals surface area (Å²) in [5.41, 5.74) is 3.00. The van der Waals surface area contributed by atoms with E-state index in [1.807, 2.05) is 30.3 Å². The minimum absolute atomic E-state index is 0.0243. The topological polar surface area (TPSA) is 70.5 Å². The van der Waals surface area contributed by atoms with Crippen LogP contribution in [0.4, 0.5) is 0 Å². The van der Waals surface area contributed by atoms with Gasteiger partial charge in [-0.2, -0.15) is 0 Å². The Morgan fingerprint density at radius 3 is 2.70 bits per heavy atom. The molecule has 1 N–H and O–H groups in total. The minimum Gasteiger partial charge on any atom is -0.345 e. The SMILES string of the molecule is CN1C[C@@H](c2cc(=O)n3[nH]cc(-c4ccccc4)c3n2)CC1=O. The predicted octanol–water partition coefficient (Wildman–Crippen LogP) is 1.64. The summed E-state index contributed by atoms with van der Waals surface area (Å²) in [7, 11) is 1.78. The molecule has 1 aliphatic rings. The zero-order chi connectivity index (χ0) is 16.0. The fourth-order valence-electron chi connectivity index (χ4n) is 3.10. The van der Waals surface area contributed by atoms with Crippen molar-refractivity contribution in [3.8, 4) is 11.1 Å². The van der Waals surface area contributed by atoms with Crippen LogP contribution < -0.4 is 5.56 Å². The third-order valence-electron chi connectivity index (χ3n) is 4.36. The molecule has 1 aliphatic heterocycles. The Morgan fingerprint density at radius 2 is 2.00 bits per heavy atom. The fraction of sp³-hybridized carbons (Fsp3) is 0.235. The Hall–Kier alpha value is -2.89. The van der Waals surface area contributed by atoms with E-state index in [1.54, 1.807) is 18.1 Å². The van der Waals surface area contributed by atoms with Crippen LogP contribution in [0, 0.1) is 0 Å². The number of nitrogens with one attached hydrogen (secondary N) is 1. The Morgan fingerprint density at radius 1 is 1.22 bits per heavy atom. The molecule has 0 spiro atoms. The molecule has 4 rings (SSSR count). The van der Waals surface area contributed by atoms with Crippen molar-refractivity contribution in [3.05, 3.63) is 58.6 Å². The van der Waals surface area contributed by atoms with Gasteiger partial charge in [0, 0.05) is 43.8 Å². The molecule has 3 heterocycles. The smallest absolute Gasteiger partial charge is 0.272 e. The summed E-state index contributed by atoms with van der Waals surface area (Å²) in [5.74, 6) is 0.0677. The second-order valence-electron chi connectivity index (χ2n) is 5.91. The highest BCUT2D eigenvalue weighted by Gasteiger charge is 2.29. The van der Waals surface area contributed by atoms with Crippen LogP contribution in [-0.4, -0.2) is 39.0 Å². The standard InChI is InChI=1S/C17H16N4O2/c1-20-10-12(7-15(20)22)14-8-16(23)21-17(19-14)13(9-18-21)11-5-3-2-4-6-11/h2-6,8-9,12,18H,7,10H2,1H3/t12-/m0/s1. The van der Waals surface area contributed by atoms with Crippen molar-refractivity contribution in [3.63, 3.8) is 0 Å². The second-order valence-corrected chi connectivity index (χ2v) is 5.91. The highest BCUT2D eigenvalue weighted by Crippen LogP contribution is 2.27. The molecular formula is C17H16N4O2. The third kappa shape index (κ3) is 2.23. The van der Waals surface area contributed by atoms with Gasteiger partial charge in [-0.15, -0.1) is 0 Å². The van der Waals surface area contributed by atoms with Crippen molar-refractivity contribution in [2.45, 2.75) is 12.3 Å². The van der Waals surface area contributed by atoms with E-state index >= 15 is 0 Å². The number of fused-ring (bicyclic) bond motifs is 1. The van der Waals surface area contributed by atoms with Crippen molar-refractivity contribution >= 4 is 11.6 Å². The number of rotatable bonds is 2. The molecule has 6 heteroatoms. The van der Waals surface area contributed by atoms with Crippen molar-refractivity contribution in [1.82, 2.24) is 19.5 Å². The van der Waals surface area contributed by atoms with Crippen LogP contribution in [0.5, 0.6) is 0 Å². The predicted molar refractivity (Wildman–Crippen MR) is 86.2 cm³/mol. The van der Waals surface area contributed by atoms with Crippen LogP contribution in [-0.2, 0) is 4.79 Å². The number of benzene rings is 1. The van der Waals surface area contributed by atoms with Crippen LogP contribution in [0.3, 0.4) is 0 Å². The molecular weight excluding hydrogens is 292 g/mol. The number of hydrogen-bond acceptors (Lipinski definition) is 3. The Bertz CT molecular complexity index is 942. The molecule has 0 bridgehead atoms. The molecule has 3 aromatic rings. The van der Waals surface area contributed by atoms with Crippen LogP contribution in [0.25, 0.3) is 16.8 Å². The number of aromatic nitrogens is 3. The van der Waals surface area contributed by atoms with Gasteiger partial charge in [0.05, 0.1) is 5.69 Å². The molecule has 1 amide bonds. The van der Waals surface area contributed by atoms with Crippen molar-refractivity contribution in [2.75, 3.05) is 13.6 Å². The molecule has 1 aromatic carbocycles. The molecule has 0 unspecified atom stereocenters. The maximum Gasteiger partial charge on any atom is 0.272 e. The van der Waals surface area contributed by atoms with Gasteiger partial charge < -0.3 is 4.90 Å². The van der Waals surface area contributed by atoms with Gasteiger partial charge in [0.15, 0.2) is 5.65 Å². The van der Waals surface area contributed by atoms with Crippen LogP contribution in [0.15, 0.2) is 47.4 Å². The van der Waals surface area contributed by atoms with Gasteiger partial charge in [-0.05, 0) is 5.56 Å². The lowest BCUT2D eigenvalue weighted by atomic mass is 10.0. The first kappa shape index (κ1) is 13.8. The first-order valence-corrected chi connectivity index (χ1v) is 7.54. The van der Waals surface area contributed by atoms with E-state index in [1.165, 1.54) is 10.6 Å². The first-order chi connectivity index (χ1) is 11.1. The molecule has 23 heavy (non-hydrogen) atoms. The normalized spacial score (nSPS) is 18.0. The van der Waals surface area contributed by atoms with Crippen molar-refractivity contribution in [1.29, 1.82) is 0 Å². The first-order valence-electron chi connectivity index (χ1n) is 7.54. The van der Waals surface area contributed by atoms with Gasteiger partial charge in [-0.1, -0.05) is 30.3 Å². The van der Waals surface area contributed by atoms with Gasteiger partial charge >= 0.3 is 0 Å². The Labute approximate surface area is 132 Å². The molecule has 1 saturated heterocycles. The molecule has 116 valence electrons. The van der Waals surface area contributed by atoms with Crippen LogP contribution in [0.2, 0.25) is 0 Å². The molecule has 0 radical (unpaired) electrons. The lowest BCUT2D eigenvalue weighted by Crippen LogP contribution is -2.20. The fourth-order valence-corrected chi connectivity index (χ4v) is 3.10. The average Bonchev–Trinajstić information content (AvgIpc) is 3.12. The summed E-state index contributed by atoms with van der Waals surface area (Å²) >= 11 is 0. The van der Waals surface area contributed by atoms with Gasteiger partial charge in [-0.25, -0.2) is 9.50 Å². The lowest BCUT2D eigenvalue weighted by Gasteiger charge is -2.10. The molecule has 1 atom stereocenters. The van der Waals surface area contributed by atoms with E-state index in [2.05, 4.69) is 10.1 Å². The highest BCUT2D eigenvalue weighted by atomic mass is 16.2. The summed E-state index contributed by atoms with van der Waals surface area (Å²) in [6.07, 6.45) is 2.19. The number of nitrogens with zero attached hydrogens (tertiary/aromatic N) is 3. The van der Waals surface area contributed by atoms with Gasteiger partial charge in [0.25, 0.3) is 5.56 Å². The molecule has 0 aliphatic carbocycles. The summed E-state index contributed by atoms with van der Waals surface area (Å²) in [4.78, 5) is 30.5. The molecule has 2 aromatic heterocycles. The molecule has 6 nitrogen and oxygen atoms in total. The van der Waals surface area contributed by atoms with Crippen molar-refractivity contribution < 1.29 is 4.79 Å². The van der Waals surface area contributed by atoms with Crippen LogP contribution >= 0.6 is 0 Å². The minimum atomic E-state index is -0.158. The van der Waals surface area contributed by atoms with E-state index in [-0.39, 0.29) is 17.4 Å². The van der Waals surface area contributed by atoms with Gasteiger partial charge in [-0.3, -0.25) is 14.7 Å². The number of amides is 1. The Balaban J connectivity index is 1.86. The quantitative estimate of drug-likeness (QED) is 0.782. The summed E-state index contributed by atoms with van der Waals surface area (Å²) in [6.45, 7) is 0.604.